The van der Waals surface area contributed by atoms with Crippen molar-refractivity contribution in [1.29, 1.82) is 0 Å². The van der Waals surface area contributed by atoms with Gasteiger partial charge in [0.1, 0.15) is 0 Å². The Balaban J connectivity index is 1.88. The number of halogens is 3. The standard InChI is InChI=1S/C19H24Cl3NO3/c20-12-7-13(21)9-14(8-12)23-11-16-15(17(22)10-18(16)24)5-3-1-2-4-6-19(25)26/h1,3,7-9,15-18,23-24H,2,4-6,10-11H2,(H,25,26)/b3-1-/t15-,16-,17-,18-/m1/s1. The Morgan fingerprint density at radius 2 is 1.88 bits per heavy atom. The van der Waals surface area contributed by atoms with Gasteiger partial charge in [-0.2, -0.15) is 0 Å². The van der Waals surface area contributed by atoms with E-state index in [1.807, 2.05) is 12.2 Å². The Morgan fingerprint density at radius 1 is 1.19 bits per heavy atom. The second-order valence-corrected chi connectivity index (χ2v) is 8.11. The number of aliphatic carboxylic acids is 1. The zero-order valence-electron chi connectivity index (χ0n) is 14.4. The molecule has 26 heavy (non-hydrogen) atoms. The summed E-state index contributed by atoms with van der Waals surface area (Å²) in [7, 11) is 0. The van der Waals surface area contributed by atoms with Crippen LogP contribution in [0.3, 0.4) is 0 Å². The molecule has 1 aromatic carbocycles. The lowest BCUT2D eigenvalue weighted by molar-refractivity contribution is -0.137. The molecule has 1 aliphatic carbocycles. The Labute approximate surface area is 169 Å². The van der Waals surface area contributed by atoms with Gasteiger partial charge in [0, 0.05) is 40.0 Å². The molecule has 0 bridgehead atoms. The topological polar surface area (TPSA) is 69.6 Å². The minimum Gasteiger partial charge on any atom is -0.481 e. The third-order valence-electron chi connectivity index (χ3n) is 4.72. The van der Waals surface area contributed by atoms with Crippen LogP contribution in [0, 0.1) is 11.8 Å². The summed E-state index contributed by atoms with van der Waals surface area (Å²) >= 11 is 18.5. The molecule has 144 valence electrons. The molecule has 1 saturated carbocycles. The van der Waals surface area contributed by atoms with E-state index in [1.54, 1.807) is 18.2 Å². The molecule has 0 aromatic heterocycles. The SMILES string of the molecule is O=C(O)CCC/C=C\C[C@@H]1[C@@H](CNc2cc(Cl)cc(Cl)c2)[C@H](O)C[C@H]1Cl. The largest absolute Gasteiger partial charge is 0.481 e. The highest BCUT2D eigenvalue weighted by molar-refractivity contribution is 6.35. The van der Waals surface area contributed by atoms with Crippen LogP contribution in [0.2, 0.25) is 10.0 Å². The number of carboxylic acids is 1. The van der Waals surface area contributed by atoms with Gasteiger partial charge in [0.05, 0.1) is 6.10 Å². The van der Waals surface area contributed by atoms with Gasteiger partial charge in [0.25, 0.3) is 0 Å². The number of allylic oxidation sites excluding steroid dienone is 2. The second kappa shape index (κ2) is 10.4. The Morgan fingerprint density at radius 3 is 2.54 bits per heavy atom. The van der Waals surface area contributed by atoms with E-state index in [0.29, 0.717) is 29.4 Å². The molecule has 0 saturated heterocycles. The average Bonchev–Trinajstić information content (AvgIpc) is 2.81. The number of alkyl halides is 1. The van der Waals surface area contributed by atoms with E-state index in [-0.39, 0.29) is 23.6 Å². The van der Waals surface area contributed by atoms with Crippen LogP contribution >= 0.6 is 34.8 Å². The van der Waals surface area contributed by atoms with Crippen LogP contribution in [-0.2, 0) is 4.79 Å². The highest BCUT2D eigenvalue weighted by Crippen LogP contribution is 2.39. The number of hydrogen-bond donors (Lipinski definition) is 3. The van der Waals surface area contributed by atoms with Gasteiger partial charge in [0.2, 0.25) is 0 Å². The Bertz CT molecular complexity index is 618. The fourth-order valence-corrected chi connectivity index (χ4v) is 4.38. The first-order chi connectivity index (χ1) is 12.4. The fraction of sp³-hybridized carbons (Fsp3) is 0.526. The van der Waals surface area contributed by atoms with Crippen molar-refractivity contribution in [3.05, 3.63) is 40.4 Å². The molecule has 4 atom stereocenters. The average molecular weight is 421 g/mol. The van der Waals surface area contributed by atoms with Crippen molar-refractivity contribution in [2.24, 2.45) is 11.8 Å². The monoisotopic (exact) mass is 419 g/mol. The minimum atomic E-state index is -0.773. The summed E-state index contributed by atoms with van der Waals surface area (Å²) in [5.41, 5.74) is 0.815. The summed E-state index contributed by atoms with van der Waals surface area (Å²) in [5.74, 6) is -0.589. The number of hydrogen-bond acceptors (Lipinski definition) is 3. The van der Waals surface area contributed by atoms with Crippen molar-refractivity contribution >= 4 is 46.5 Å². The number of carbonyl (C=O) groups is 1. The van der Waals surface area contributed by atoms with Crippen LogP contribution in [0.15, 0.2) is 30.4 Å². The number of unbranched alkanes of at least 4 members (excludes halogenated alkanes) is 1. The van der Waals surface area contributed by atoms with Crippen molar-refractivity contribution in [2.75, 3.05) is 11.9 Å². The zero-order valence-corrected chi connectivity index (χ0v) is 16.6. The van der Waals surface area contributed by atoms with Crippen LogP contribution < -0.4 is 5.32 Å². The first-order valence-electron chi connectivity index (χ1n) is 8.75. The minimum absolute atomic E-state index is 0.0268. The highest BCUT2D eigenvalue weighted by Gasteiger charge is 2.40. The molecular formula is C19H24Cl3NO3. The zero-order chi connectivity index (χ0) is 19.1. The second-order valence-electron chi connectivity index (χ2n) is 6.68. The first kappa shape index (κ1) is 21.4. The van der Waals surface area contributed by atoms with E-state index in [0.717, 1.165) is 18.5 Å². The molecule has 0 aliphatic heterocycles. The van der Waals surface area contributed by atoms with E-state index < -0.39 is 12.1 Å². The molecule has 3 N–H and O–H groups in total. The van der Waals surface area contributed by atoms with Crippen molar-refractivity contribution in [1.82, 2.24) is 0 Å². The van der Waals surface area contributed by atoms with Crippen molar-refractivity contribution in [2.45, 2.75) is 43.6 Å². The smallest absolute Gasteiger partial charge is 0.303 e. The summed E-state index contributed by atoms with van der Waals surface area (Å²) in [4.78, 5) is 10.5. The van der Waals surface area contributed by atoms with E-state index in [4.69, 9.17) is 39.9 Å². The number of carboxylic acid groups (broad SMARTS) is 1. The van der Waals surface area contributed by atoms with E-state index >= 15 is 0 Å². The first-order valence-corrected chi connectivity index (χ1v) is 9.95. The van der Waals surface area contributed by atoms with Crippen LogP contribution in [-0.4, -0.2) is 34.2 Å². The molecular weight excluding hydrogens is 397 g/mol. The van der Waals surface area contributed by atoms with Gasteiger partial charge >= 0.3 is 5.97 Å². The van der Waals surface area contributed by atoms with Crippen molar-refractivity contribution < 1.29 is 15.0 Å². The summed E-state index contributed by atoms with van der Waals surface area (Å²) in [6.45, 7) is 0.582. The molecule has 1 fully saturated rings. The molecule has 2 rings (SSSR count). The number of benzene rings is 1. The number of anilines is 1. The number of aliphatic hydroxyl groups is 1. The number of nitrogens with one attached hydrogen (secondary N) is 1. The van der Waals surface area contributed by atoms with Crippen LogP contribution in [0.5, 0.6) is 0 Å². The summed E-state index contributed by atoms with van der Waals surface area (Å²) < 4.78 is 0. The molecule has 4 nitrogen and oxygen atoms in total. The maximum absolute atomic E-state index is 10.5. The van der Waals surface area contributed by atoms with Gasteiger partial charge < -0.3 is 15.5 Å². The molecule has 0 amide bonds. The Kier molecular flexibility index (Phi) is 8.55. The predicted octanol–water partition coefficient (Wildman–Crippen LogP) is 5.21. The molecule has 7 heteroatoms. The van der Waals surface area contributed by atoms with Gasteiger partial charge in [-0.3, -0.25) is 4.79 Å². The van der Waals surface area contributed by atoms with Gasteiger partial charge in [-0.05, 0) is 49.8 Å². The van der Waals surface area contributed by atoms with Gasteiger partial charge in [-0.15, -0.1) is 11.6 Å². The summed E-state index contributed by atoms with van der Waals surface area (Å²) in [5, 5.41) is 23.3. The lowest BCUT2D eigenvalue weighted by Crippen LogP contribution is -2.28. The van der Waals surface area contributed by atoms with E-state index in [9.17, 15) is 9.90 Å². The number of aliphatic hydroxyl groups excluding tert-OH is 1. The molecule has 0 unspecified atom stereocenters. The lowest BCUT2D eigenvalue weighted by atomic mass is 9.91. The summed E-state index contributed by atoms with van der Waals surface area (Å²) in [6.07, 6.45) is 6.47. The normalized spacial score (nSPS) is 25.7. The highest BCUT2D eigenvalue weighted by atomic mass is 35.5. The molecule has 0 radical (unpaired) electrons. The molecule has 0 spiro atoms. The third-order valence-corrected chi connectivity index (χ3v) is 5.65. The van der Waals surface area contributed by atoms with Crippen LogP contribution in [0.25, 0.3) is 0 Å². The lowest BCUT2D eigenvalue weighted by Gasteiger charge is -2.23. The predicted molar refractivity (Wildman–Crippen MR) is 107 cm³/mol. The molecule has 0 heterocycles. The maximum Gasteiger partial charge on any atom is 0.303 e. The summed E-state index contributed by atoms with van der Waals surface area (Å²) in [6, 6.07) is 5.26. The third kappa shape index (κ3) is 6.66. The van der Waals surface area contributed by atoms with Crippen molar-refractivity contribution in [3.8, 4) is 0 Å². The quantitative estimate of drug-likeness (QED) is 0.291. The molecule has 1 aromatic rings. The number of rotatable bonds is 9. The van der Waals surface area contributed by atoms with Crippen molar-refractivity contribution in [3.63, 3.8) is 0 Å². The van der Waals surface area contributed by atoms with Crippen LogP contribution in [0.1, 0.15) is 32.1 Å². The van der Waals surface area contributed by atoms with Gasteiger partial charge in [-0.25, -0.2) is 0 Å². The Hall–Kier alpha value is -0.940. The van der Waals surface area contributed by atoms with E-state index in [1.165, 1.54) is 0 Å². The molecule has 1 aliphatic rings. The van der Waals surface area contributed by atoms with E-state index in [2.05, 4.69) is 5.32 Å². The van der Waals surface area contributed by atoms with Gasteiger partial charge in [-0.1, -0.05) is 35.4 Å². The van der Waals surface area contributed by atoms with Gasteiger partial charge in [0.15, 0.2) is 0 Å². The fourth-order valence-electron chi connectivity index (χ4n) is 3.38. The van der Waals surface area contributed by atoms with Crippen LogP contribution in [0.4, 0.5) is 5.69 Å². The maximum atomic E-state index is 10.5.